The molecule has 6 heteroatoms. The maximum absolute atomic E-state index is 12.8. The second-order valence-electron chi connectivity index (χ2n) is 5.00. The number of hydrogen-bond donors (Lipinski definition) is 1. The number of amides is 2. The molecule has 0 radical (unpaired) electrons. The van der Waals surface area contributed by atoms with Gasteiger partial charge in [0.2, 0.25) is 0 Å². The van der Waals surface area contributed by atoms with Gasteiger partial charge < -0.3 is 14.9 Å². The maximum Gasteiger partial charge on any atom is 0.320 e. The van der Waals surface area contributed by atoms with E-state index in [2.05, 4.69) is 0 Å². The highest BCUT2D eigenvalue weighted by atomic mass is 19.1. The zero-order valence-corrected chi connectivity index (χ0v) is 12.5. The first-order valence-corrected chi connectivity index (χ1v) is 6.83. The van der Waals surface area contributed by atoms with Crippen molar-refractivity contribution in [3.63, 3.8) is 0 Å². The van der Waals surface area contributed by atoms with Gasteiger partial charge in [0, 0.05) is 26.2 Å². The third-order valence-electron chi connectivity index (χ3n) is 3.25. The van der Waals surface area contributed by atoms with E-state index in [9.17, 15) is 14.0 Å². The van der Waals surface area contributed by atoms with E-state index in [4.69, 9.17) is 5.11 Å². The quantitative estimate of drug-likeness (QED) is 0.877. The molecule has 0 aromatic heterocycles. The molecule has 1 N–H and O–H groups in total. The Morgan fingerprint density at radius 3 is 2.33 bits per heavy atom. The molecule has 1 atom stereocenters. The molecule has 1 rings (SSSR count). The van der Waals surface area contributed by atoms with Gasteiger partial charge >= 0.3 is 12.0 Å². The normalized spacial score (nSPS) is 11.8. The predicted molar refractivity (Wildman–Crippen MR) is 77.4 cm³/mol. The van der Waals surface area contributed by atoms with Gasteiger partial charge in [-0.15, -0.1) is 0 Å². The number of rotatable bonds is 6. The Balaban J connectivity index is 2.70. The summed E-state index contributed by atoms with van der Waals surface area (Å²) in [5.41, 5.74) is 0.814. The van der Waals surface area contributed by atoms with Gasteiger partial charge in [-0.05, 0) is 31.5 Å². The van der Waals surface area contributed by atoms with Crippen molar-refractivity contribution in [2.24, 2.45) is 0 Å². The van der Waals surface area contributed by atoms with Crippen LogP contribution < -0.4 is 0 Å². The van der Waals surface area contributed by atoms with Crippen LogP contribution >= 0.6 is 0 Å². The number of nitrogens with zero attached hydrogens (tertiary/aromatic N) is 2. The molecule has 0 saturated heterocycles. The molecule has 0 spiro atoms. The predicted octanol–water partition coefficient (Wildman–Crippen LogP) is 2.56. The molecule has 0 bridgehead atoms. The van der Waals surface area contributed by atoms with E-state index in [0.717, 1.165) is 5.56 Å². The Morgan fingerprint density at radius 2 is 1.86 bits per heavy atom. The summed E-state index contributed by atoms with van der Waals surface area (Å²) in [4.78, 5) is 26.1. The monoisotopic (exact) mass is 296 g/mol. The summed E-state index contributed by atoms with van der Waals surface area (Å²) in [7, 11) is 1.64. The highest BCUT2D eigenvalue weighted by molar-refractivity contribution is 5.75. The molecule has 2 amide bonds. The van der Waals surface area contributed by atoms with Crippen molar-refractivity contribution in [2.45, 2.75) is 32.9 Å². The lowest BCUT2D eigenvalue weighted by Crippen LogP contribution is -2.46. The Kier molecular flexibility index (Phi) is 6.14. The fourth-order valence-electron chi connectivity index (χ4n) is 2.15. The number of hydrogen-bond acceptors (Lipinski definition) is 2. The van der Waals surface area contributed by atoms with Gasteiger partial charge in [-0.2, -0.15) is 0 Å². The number of urea groups is 1. The standard InChI is InChI=1S/C15H21FN2O3/c1-4-18(11(2)9-14(19)20)15(21)17(3)10-12-5-7-13(16)8-6-12/h5-8,11H,4,9-10H2,1-3H3,(H,19,20). The first-order valence-electron chi connectivity index (χ1n) is 6.83. The van der Waals surface area contributed by atoms with E-state index in [1.165, 1.54) is 21.9 Å². The van der Waals surface area contributed by atoms with Gasteiger partial charge in [0.15, 0.2) is 0 Å². The lowest BCUT2D eigenvalue weighted by atomic mass is 10.2. The lowest BCUT2D eigenvalue weighted by molar-refractivity contribution is -0.138. The SMILES string of the molecule is CCN(C(=O)N(C)Cc1ccc(F)cc1)C(C)CC(=O)O. The van der Waals surface area contributed by atoms with E-state index < -0.39 is 5.97 Å². The minimum Gasteiger partial charge on any atom is -0.481 e. The molecule has 0 aliphatic heterocycles. The van der Waals surface area contributed by atoms with Crippen LogP contribution in [0.15, 0.2) is 24.3 Å². The lowest BCUT2D eigenvalue weighted by Gasteiger charge is -2.31. The molecule has 0 fully saturated rings. The zero-order valence-electron chi connectivity index (χ0n) is 12.5. The summed E-state index contributed by atoms with van der Waals surface area (Å²) in [5, 5.41) is 8.82. The van der Waals surface area contributed by atoms with Crippen LogP contribution in [0.5, 0.6) is 0 Å². The Labute approximate surface area is 124 Å². The van der Waals surface area contributed by atoms with Crippen LogP contribution in [0.25, 0.3) is 0 Å². The molecule has 0 aliphatic carbocycles. The van der Waals surface area contributed by atoms with Crippen molar-refractivity contribution in [1.29, 1.82) is 0 Å². The summed E-state index contributed by atoms with van der Waals surface area (Å²) in [6, 6.07) is 5.31. The molecule has 0 aliphatic rings. The van der Waals surface area contributed by atoms with E-state index in [1.807, 2.05) is 6.92 Å². The minimum atomic E-state index is -0.935. The highest BCUT2D eigenvalue weighted by Gasteiger charge is 2.23. The average Bonchev–Trinajstić information content (AvgIpc) is 2.41. The number of carboxylic acid groups (broad SMARTS) is 1. The maximum atomic E-state index is 12.8. The summed E-state index contributed by atoms with van der Waals surface area (Å²) in [6.45, 7) is 4.29. The van der Waals surface area contributed by atoms with Gasteiger partial charge in [-0.1, -0.05) is 12.1 Å². The van der Waals surface area contributed by atoms with Gasteiger partial charge in [0.05, 0.1) is 6.42 Å². The Hall–Kier alpha value is -2.11. The summed E-state index contributed by atoms with van der Waals surface area (Å²) >= 11 is 0. The van der Waals surface area contributed by atoms with Crippen LogP contribution in [0.1, 0.15) is 25.8 Å². The summed E-state index contributed by atoms with van der Waals surface area (Å²) in [6.07, 6.45) is -0.0933. The third kappa shape index (κ3) is 5.06. The molecule has 116 valence electrons. The van der Waals surface area contributed by atoms with Gasteiger partial charge in [-0.3, -0.25) is 4.79 Å². The zero-order chi connectivity index (χ0) is 16.0. The first kappa shape index (κ1) is 16.9. The average molecular weight is 296 g/mol. The van der Waals surface area contributed by atoms with Crippen molar-refractivity contribution in [2.75, 3.05) is 13.6 Å². The van der Waals surface area contributed by atoms with Crippen LogP contribution in [0.3, 0.4) is 0 Å². The topological polar surface area (TPSA) is 60.9 Å². The highest BCUT2D eigenvalue weighted by Crippen LogP contribution is 2.11. The van der Waals surface area contributed by atoms with E-state index in [-0.39, 0.29) is 24.3 Å². The van der Waals surface area contributed by atoms with E-state index >= 15 is 0 Å². The summed E-state index contributed by atoms with van der Waals surface area (Å²) in [5.74, 6) is -1.26. The number of carbonyl (C=O) groups is 2. The number of aliphatic carboxylic acids is 1. The fourth-order valence-corrected chi connectivity index (χ4v) is 2.15. The van der Waals surface area contributed by atoms with E-state index in [1.54, 1.807) is 26.1 Å². The molecule has 0 saturated carbocycles. The van der Waals surface area contributed by atoms with Crippen LogP contribution in [-0.4, -0.2) is 46.5 Å². The van der Waals surface area contributed by atoms with Crippen LogP contribution in [0.4, 0.5) is 9.18 Å². The molecule has 1 aromatic rings. The van der Waals surface area contributed by atoms with Crippen molar-refractivity contribution >= 4 is 12.0 Å². The van der Waals surface area contributed by atoms with Crippen molar-refractivity contribution < 1.29 is 19.1 Å². The molecular weight excluding hydrogens is 275 g/mol. The van der Waals surface area contributed by atoms with Crippen molar-refractivity contribution in [1.82, 2.24) is 9.80 Å². The molecule has 0 heterocycles. The summed E-state index contributed by atoms with van der Waals surface area (Å²) < 4.78 is 12.8. The van der Waals surface area contributed by atoms with Gasteiger partial charge in [0.25, 0.3) is 0 Å². The van der Waals surface area contributed by atoms with E-state index in [0.29, 0.717) is 13.1 Å². The molecule has 1 aromatic carbocycles. The van der Waals surface area contributed by atoms with Gasteiger partial charge in [-0.25, -0.2) is 9.18 Å². The minimum absolute atomic E-state index is 0.0933. The number of halogens is 1. The van der Waals surface area contributed by atoms with Crippen LogP contribution in [0, 0.1) is 5.82 Å². The van der Waals surface area contributed by atoms with Gasteiger partial charge in [0.1, 0.15) is 5.82 Å². The Bertz CT molecular complexity index is 490. The molecule has 5 nitrogen and oxygen atoms in total. The smallest absolute Gasteiger partial charge is 0.320 e. The second kappa shape index (κ2) is 7.61. The van der Waals surface area contributed by atoms with Crippen molar-refractivity contribution in [3.05, 3.63) is 35.6 Å². The molecule has 1 unspecified atom stereocenters. The third-order valence-corrected chi connectivity index (χ3v) is 3.25. The molecular formula is C15H21FN2O3. The number of carbonyl (C=O) groups excluding carboxylic acids is 1. The van der Waals surface area contributed by atoms with Crippen LogP contribution in [0.2, 0.25) is 0 Å². The number of carboxylic acids is 1. The Morgan fingerprint density at radius 1 is 1.29 bits per heavy atom. The fraction of sp³-hybridized carbons (Fsp3) is 0.467. The largest absolute Gasteiger partial charge is 0.481 e. The first-order chi connectivity index (χ1) is 9.85. The van der Waals surface area contributed by atoms with Crippen molar-refractivity contribution in [3.8, 4) is 0 Å². The number of benzene rings is 1. The molecule has 21 heavy (non-hydrogen) atoms. The second-order valence-corrected chi connectivity index (χ2v) is 5.00. The van der Waals surface area contributed by atoms with Crippen LogP contribution in [-0.2, 0) is 11.3 Å².